The molecule has 160 valence electrons. The van der Waals surface area contributed by atoms with Crippen LogP contribution in [-0.2, 0) is 9.59 Å². The van der Waals surface area contributed by atoms with Crippen molar-refractivity contribution in [1.82, 2.24) is 0 Å². The molecular weight excluding hydrogens is 416 g/mol. The predicted octanol–water partition coefficient (Wildman–Crippen LogP) is 3.63. The summed E-state index contributed by atoms with van der Waals surface area (Å²) in [6.45, 7) is 0. The van der Waals surface area contributed by atoms with Gasteiger partial charge in [-0.3, -0.25) is 24.6 Å². The highest BCUT2D eigenvalue weighted by Gasteiger charge is 2.47. The Labute approximate surface area is 181 Å². The summed E-state index contributed by atoms with van der Waals surface area (Å²) in [6, 6.07) is 15.5. The predicted molar refractivity (Wildman–Crippen MR) is 114 cm³/mol. The van der Waals surface area contributed by atoms with Gasteiger partial charge < -0.3 is 15.3 Å². The SMILES string of the molecule is O=C1C(=O)N(c2ccccc2O)C(c2cccc(O)c2)/C1=C(/O)c1cccc([N+](=O)[O-])c1. The van der Waals surface area contributed by atoms with Crippen molar-refractivity contribution in [2.45, 2.75) is 6.04 Å². The highest BCUT2D eigenvalue weighted by atomic mass is 16.6. The van der Waals surface area contributed by atoms with Gasteiger partial charge in [0.1, 0.15) is 17.3 Å². The molecule has 0 bridgehead atoms. The normalized spacial score (nSPS) is 17.5. The zero-order chi connectivity index (χ0) is 23.0. The topological polar surface area (TPSA) is 141 Å². The van der Waals surface area contributed by atoms with Gasteiger partial charge in [0.2, 0.25) is 0 Å². The Morgan fingerprint density at radius 1 is 0.938 bits per heavy atom. The van der Waals surface area contributed by atoms with Gasteiger partial charge in [-0.15, -0.1) is 0 Å². The minimum Gasteiger partial charge on any atom is -0.508 e. The van der Waals surface area contributed by atoms with E-state index in [2.05, 4.69) is 0 Å². The molecule has 0 radical (unpaired) electrons. The Hall–Kier alpha value is -4.66. The standard InChI is InChI=1S/C23H16N2O7/c26-16-8-4-5-13(12-16)20-19(21(28)14-6-3-7-15(11-14)25(31)32)22(29)23(30)24(20)17-9-1-2-10-18(17)27/h1-12,20,26-28H/b21-19-. The van der Waals surface area contributed by atoms with Crippen LogP contribution in [0.25, 0.3) is 5.76 Å². The molecule has 1 saturated heterocycles. The number of para-hydroxylation sites is 2. The van der Waals surface area contributed by atoms with E-state index >= 15 is 0 Å². The van der Waals surface area contributed by atoms with Crippen molar-refractivity contribution in [2.75, 3.05) is 4.90 Å². The van der Waals surface area contributed by atoms with E-state index in [9.17, 15) is 35.0 Å². The Morgan fingerprint density at radius 2 is 1.66 bits per heavy atom. The number of ketones is 1. The highest BCUT2D eigenvalue weighted by molar-refractivity contribution is 6.51. The number of phenols is 2. The van der Waals surface area contributed by atoms with Crippen molar-refractivity contribution in [2.24, 2.45) is 0 Å². The zero-order valence-corrected chi connectivity index (χ0v) is 16.4. The third-order valence-corrected chi connectivity index (χ3v) is 5.10. The van der Waals surface area contributed by atoms with Gasteiger partial charge in [0.25, 0.3) is 17.4 Å². The maximum atomic E-state index is 13.0. The zero-order valence-electron chi connectivity index (χ0n) is 16.4. The number of nitro benzene ring substituents is 1. The molecule has 1 atom stereocenters. The number of carbonyl (C=O) groups excluding carboxylic acids is 2. The van der Waals surface area contributed by atoms with Gasteiger partial charge in [0.05, 0.1) is 22.2 Å². The van der Waals surface area contributed by atoms with Crippen molar-refractivity contribution < 1.29 is 29.8 Å². The van der Waals surface area contributed by atoms with Crippen molar-refractivity contribution in [3.63, 3.8) is 0 Å². The average molecular weight is 432 g/mol. The van der Waals surface area contributed by atoms with Crippen molar-refractivity contribution in [3.8, 4) is 11.5 Å². The molecule has 3 N–H and O–H groups in total. The third kappa shape index (κ3) is 3.41. The number of phenolic OH excluding ortho intramolecular Hbond substituents is 2. The molecule has 1 unspecified atom stereocenters. The number of benzene rings is 3. The van der Waals surface area contributed by atoms with Crippen molar-refractivity contribution >= 4 is 28.8 Å². The number of nitrogens with zero attached hydrogens (tertiary/aromatic N) is 2. The van der Waals surface area contributed by atoms with E-state index in [4.69, 9.17) is 0 Å². The Kier molecular flexibility index (Phi) is 5.07. The lowest BCUT2D eigenvalue weighted by Crippen LogP contribution is -2.29. The van der Waals surface area contributed by atoms with Gasteiger partial charge in [-0.05, 0) is 29.8 Å². The van der Waals surface area contributed by atoms with Crippen LogP contribution in [0.2, 0.25) is 0 Å². The van der Waals surface area contributed by atoms with Crippen LogP contribution in [-0.4, -0.2) is 31.9 Å². The number of hydrogen-bond acceptors (Lipinski definition) is 7. The number of nitro groups is 1. The summed E-state index contributed by atoms with van der Waals surface area (Å²) in [5.74, 6) is -3.06. The summed E-state index contributed by atoms with van der Waals surface area (Å²) in [6.07, 6.45) is 0. The number of carbonyl (C=O) groups is 2. The lowest BCUT2D eigenvalue weighted by Gasteiger charge is -2.26. The molecule has 32 heavy (non-hydrogen) atoms. The second-order valence-corrected chi connectivity index (χ2v) is 7.06. The van der Waals surface area contributed by atoms with Crippen LogP contribution >= 0.6 is 0 Å². The summed E-state index contributed by atoms with van der Waals surface area (Å²) in [7, 11) is 0. The molecule has 3 aromatic rings. The van der Waals surface area contributed by atoms with E-state index in [0.717, 1.165) is 11.0 Å². The highest BCUT2D eigenvalue weighted by Crippen LogP contribution is 2.45. The fraction of sp³-hybridized carbons (Fsp3) is 0.0435. The largest absolute Gasteiger partial charge is 0.508 e. The summed E-state index contributed by atoms with van der Waals surface area (Å²) >= 11 is 0. The maximum absolute atomic E-state index is 13.0. The van der Waals surface area contributed by atoms with Crippen LogP contribution < -0.4 is 4.90 Å². The molecule has 1 amide bonds. The number of Topliss-reactive ketones (excluding diaryl/α,β-unsaturated/α-hetero) is 1. The van der Waals surface area contributed by atoms with Crippen LogP contribution in [0.3, 0.4) is 0 Å². The lowest BCUT2D eigenvalue weighted by atomic mass is 9.95. The van der Waals surface area contributed by atoms with E-state index in [1.807, 2.05) is 0 Å². The van der Waals surface area contributed by atoms with Crippen molar-refractivity contribution in [1.29, 1.82) is 0 Å². The maximum Gasteiger partial charge on any atom is 0.300 e. The molecule has 0 saturated carbocycles. The van der Waals surface area contributed by atoms with E-state index in [0.29, 0.717) is 5.56 Å². The fourth-order valence-corrected chi connectivity index (χ4v) is 3.68. The first-order valence-electron chi connectivity index (χ1n) is 9.42. The van der Waals surface area contributed by atoms with Gasteiger partial charge in [-0.1, -0.05) is 36.4 Å². The van der Waals surface area contributed by atoms with E-state index < -0.39 is 28.4 Å². The van der Waals surface area contributed by atoms with E-state index in [1.165, 1.54) is 48.5 Å². The number of aromatic hydroxyl groups is 2. The van der Waals surface area contributed by atoms with Crippen LogP contribution in [0.1, 0.15) is 17.2 Å². The van der Waals surface area contributed by atoms with Gasteiger partial charge in [0.15, 0.2) is 0 Å². The van der Waals surface area contributed by atoms with Crippen LogP contribution in [0.4, 0.5) is 11.4 Å². The minimum atomic E-state index is -1.20. The van der Waals surface area contributed by atoms with Gasteiger partial charge in [0, 0.05) is 17.7 Å². The van der Waals surface area contributed by atoms with E-state index in [1.54, 1.807) is 18.2 Å². The molecule has 1 fully saturated rings. The molecule has 0 aromatic heterocycles. The third-order valence-electron chi connectivity index (χ3n) is 5.10. The molecule has 9 heteroatoms. The number of aliphatic hydroxyl groups is 1. The average Bonchev–Trinajstić information content (AvgIpc) is 3.04. The Bertz CT molecular complexity index is 1300. The van der Waals surface area contributed by atoms with E-state index in [-0.39, 0.29) is 34.0 Å². The van der Waals surface area contributed by atoms with Crippen LogP contribution in [0.5, 0.6) is 11.5 Å². The molecule has 0 spiro atoms. The molecule has 1 heterocycles. The first-order chi connectivity index (χ1) is 15.3. The fourth-order valence-electron chi connectivity index (χ4n) is 3.68. The summed E-state index contributed by atoms with van der Waals surface area (Å²) in [5.41, 5.74) is -0.345. The van der Waals surface area contributed by atoms with Gasteiger partial charge in [-0.2, -0.15) is 0 Å². The smallest absolute Gasteiger partial charge is 0.300 e. The second kappa shape index (κ2) is 7.88. The van der Waals surface area contributed by atoms with Crippen LogP contribution in [0.15, 0.2) is 78.4 Å². The number of non-ortho nitro benzene ring substituents is 1. The number of aliphatic hydroxyl groups excluding tert-OH is 1. The molecular formula is C23H16N2O7. The molecule has 3 aromatic carbocycles. The lowest BCUT2D eigenvalue weighted by molar-refractivity contribution is -0.384. The van der Waals surface area contributed by atoms with Gasteiger partial charge >= 0.3 is 0 Å². The molecule has 0 aliphatic carbocycles. The Morgan fingerprint density at radius 3 is 2.34 bits per heavy atom. The second-order valence-electron chi connectivity index (χ2n) is 7.06. The quantitative estimate of drug-likeness (QED) is 0.188. The van der Waals surface area contributed by atoms with Crippen LogP contribution in [0, 0.1) is 10.1 Å². The number of anilines is 1. The molecule has 9 nitrogen and oxygen atoms in total. The molecule has 4 rings (SSSR count). The monoisotopic (exact) mass is 432 g/mol. The van der Waals surface area contributed by atoms with Crippen molar-refractivity contribution in [3.05, 3.63) is 99.6 Å². The van der Waals surface area contributed by atoms with Gasteiger partial charge in [-0.25, -0.2) is 0 Å². The first-order valence-corrected chi connectivity index (χ1v) is 9.42. The number of rotatable bonds is 4. The Balaban J connectivity index is 1.98. The molecule has 1 aliphatic heterocycles. The molecule has 1 aliphatic rings. The number of hydrogen-bond donors (Lipinski definition) is 3. The first kappa shape index (κ1) is 20.6. The minimum absolute atomic E-state index is 0.0281. The summed E-state index contributed by atoms with van der Waals surface area (Å²) < 4.78 is 0. The summed E-state index contributed by atoms with van der Waals surface area (Å²) in [5, 5.41) is 42.4. The number of amides is 1. The summed E-state index contributed by atoms with van der Waals surface area (Å²) in [4.78, 5) is 37.5.